The van der Waals surface area contributed by atoms with Crippen LogP contribution in [0.2, 0.25) is 0 Å². The van der Waals surface area contributed by atoms with E-state index in [0.29, 0.717) is 38.6 Å². The topological polar surface area (TPSA) is 123 Å². The van der Waals surface area contributed by atoms with Gasteiger partial charge in [-0.2, -0.15) is 0 Å². The number of nitrogens with zero attached hydrogens (tertiary/aromatic N) is 1. The third-order valence-electron chi connectivity index (χ3n) is 5.58. The van der Waals surface area contributed by atoms with Crippen molar-refractivity contribution >= 4 is 39.1 Å². The molecule has 2 aromatic heterocycles. The molecule has 0 atom stereocenters. The predicted octanol–water partition coefficient (Wildman–Crippen LogP) is 5.08. The van der Waals surface area contributed by atoms with Gasteiger partial charge in [0.15, 0.2) is 11.3 Å². The monoisotopic (exact) mass is 522 g/mol. The Labute approximate surface area is 212 Å². The lowest BCUT2D eigenvalue weighted by Gasteiger charge is -2.16. The minimum Gasteiger partial charge on any atom is -0.497 e. The molecule has 4 aromatic rings. The lowest BCUT2D eigenvalue weighted by molar-refractivity contribution is 0.0697. The number of aromatic nitrogens is 1. The number of aromatic carboxylic acids is 1. The highest BCUT2D eigenvalue weighted by atomic mass is 32.2. The van der Waals surface area contributed by atoms with E-state index in [1.54, 1.807) is 48.7 Å². The van der Waals surface area contributed by atoms with Crippen LogP contribution in [-0.4, -0.2) is 37.9 Å². The summed E-state index contributed by atoms with van der Waals surface area (Å²) in [6.45, 7) is 1.78. The average Bonchev–Trinajstić information content (AvgIpc) is 3.36. The molecule has 0 bridgehead atoms. The number of thiophene rings is 1. The van der Waals surface area contributed by atoms with Crippen molar-refractivity contribution in [3.8, 4) is 16.2 Å². The highest BCUT2D eigenvalue weighted by Crippen LogP contribution is 2.34. The quantitative estimate of drug-likeness (QED) is 0.292. The number of benzene rings is 2. The summed E-state index contributed by atoms with van der Waals surface area (Å²) in [6, 6.07) is 14.2. The smallest absolute Gasteiger partial charge is 0.337 e. The van der Waals surface area contributed by atoms with E-state index in [2.05, 4.69) is 10.3 Å². The van der Waals surface area contributed by atoms with E-state index in [9.17, 15) is 23.1 Å². The van der Waals surface area contributed by atoms with Gasteiger partial charge >= 0.3 is 5.97 Å². The Bertz CT molecular complexity index is 1540. The minimum absolute atomic E-state index is 0.0127. The van der Waals surface area contributed by atoms with Gasteiger partial charge in [0.1, 0.15) is 5.75 Å². The van der Waals surface area contributed by atoms with Gasteiger partial charge in [0.2, 0.25) is 9.84 Å². The average molecular weight is 523 g/mol. The summed E-state index contributed by atoms with van der Waals surface area (Å²) in [5, 5.41) is 14.6. The van der Waals surface area contributed by atoms with Gasteiger partial charge in [0, 0.05) is 28.7 Å². The second-order valence-electron chi connectivity index (χ2n) is 7.84. The van der Waals surface area contributed by atoms with Gasteiger partial charge in [0.25, 0.3) is 0 Å². The first kappa shape index (κ1) is 25.1. The highest BCUT2D eigenvalue weighted by molar-refractivity contribution is 7.91. The minimum atomic E-state index is -3.93. The normalized spacial score (nSPS) is 11.2. The van der Waals surface area contributed by atoms with Crippen molar-refractivity contribution in [2.75, 3.05) is 12.4 Å². The number of aryl methyl sites for hydroxylation is 1. The summed E-state index contributed by atoms with van der Waals surface area (Å²) in [6.07, 6.45) is 2.13. The summed E-state index contributed by atoms with van der Waals surface area (Å²) in [7, 11) is -2.44. The van der Waals surface area contributed by atoms with Crippen molar-refractivity contribution in [2.45, 2.75) is 23.4 Å². The van der Waals surface area contributed by atoms with Gasteiger partial charge in [0.05, 0.1) is 23.3 Å². The zero-order valence-electron chi connectivity index (χ0n) is 19.4. The standard InChI is InChI=1S/C26H22N2O6S2/c1-16-12-19(24-18(15-29)9-11-35-24)13-22(26(30)31)23(16)28-14-17-4-3-10-27-25(17)36(32,33)21-7-5-20(34-2)6-8-21/h3-13,15,28H,14H2,1-2H3,(H,30,31). The molecule has 4 rings (SSSR count). The zero-order valence-corrected chi connectivity index (χ0v) is 21.0. The summed E-state index contributed by atoms with van der Waals surface area (Å²) < 4.78 is 31.7. The third kappa shape index (κ3) is 4.86. The third-order valence-corrected chi connectivity index (χ3v) is 8.33. The van der Waals surface area contributed by atoms with Crippen molar-refractivity contribution in [3.63, 3.8) is 0 Å². The fraction of sp³-hybridized carbons (Fsp3) is 0.115. The molecule has 0 spiro atoms. The molecule has 0 fully saturated rings. The molecule has 2 aromatic carbocycles. The zero-order chi connectivity index (χ0) is 25.9. The first-order valence-electron chi connectivity index (χ1n) is 10.7. The summed E-state index contributed by atoms with van der Waals surface area (Å²) >= 11 is 1.35. The Kier molecular flexibility index (Phi) is 7.18. The molecule has 0 aliphatic carbocycles. The Hall–Kier alpha value is -4.02. The maximum atomic E-state index is 13.3. The number of pyridine rings is 1. The fourth-order valence-electron chi connectivity index (χ4n) is 3.82. The fourth-order valence-corrected chi connectivity index (χ4v) is 6.08. The molecular formula is C26H22N2O6S2. The Morgan fingerprint density at radius 3 is 2.58 bits per heavy atom. The lowest BCUT2D eigenvalue weighted by atomic mass is 10.0. The Morgan fingerprint density at radius 1 is 1.17 bits per heavy atom. The van der Waals surface area contributed by atoms with Crippen molar-refractivity contribution < 1.29 is 27.9 Å². The molecule has 0 unspecified atom stereocenters. The molecule has 0 radical (unpaired) electrons. The number of ether oxygens (including phenoxy) is 1. The summed E-state index contributed by atoms with van der Waals surface area (Å²) in [4.78, 5) is 28.3. The number of sulfone groups is 1. The van der Waals surface area contributed by atoms with Gasteiger partial charge in [-0.25, -0.2) is 18.2 Å². The maximum absolute atomic E-state index is 13.3. The number of rotatable bonds is 9. The van der Waals surface area contributed by atoms with Crippen molar-refractivity contribution in [3.05, 3.63) is 88.4 Å². The summed E-state index contributed by atoms with van der Waals surface area (Å²) in [5.74, 6) is -0.622. The molecule has 8 nitrogen and oxygen atoms in total. The molecule has 2 heterocycles. The van der Waals surface area contributed by atoms with E-state index in [-0.39, 0.29) is 22.0 Å². The van der Waals surface area contributed by atoms with Crippen LogP contribution < -0.4 is 10.1 Å². The number of carbonyl (C=O) groups excluding carboxylic acids is 1. The van der Waals surface area contributed by atoms with Crippen molar-refractivity contribution in [2.24, 2.45) is 0 Å². The number of anilines is 1. The molecule has 0 amide bonds. The summed E-state index contributed by atoms with van der Waals surface area (Å²) in [5.41, 5.74) is 2.50. The number of methoxy groups -OCH3 is 1. The molecule has 36 heavy (non-hydrogen) atoms. The molecule has 0 saturated heterocycles. The second-order valence-corrected chi connectivity index (χ2v) is 10.6. The van der Waals surface area contributed by atoms with E-state index in [0.717, 1.165) is 6.29 Å². The van der Waals surface area contributed by atoms with Crippen molar-refractivity contribution in [1.82, 2.24) is 4.98 Å². The van der Waals surface area contributed by atoms with Crippen LogP contribution in [0.3, 0.4) is 0 Å². The van der Waals surface area contributed by atoms with E-state index in [4.69, 9.17) is 4.74 Å². The number of carboxylic acid groups (broad SMARTS) is 1. The molecule has 184 valence electrons. The van der Waals surface area contributed by atoms with Crippen LogP contribution in [0.25, 0.3) is 10.4 Å². The number of hydrogen-bond donors (Lipinski definition) is 2. The van der Waals surface area contributed by atoms with E-state index in [1.165, 1.54) is 42.8 Å². The number of aldehydes is 1. The van der Waals surface area contributed by atoms with Crippen LogP contribution >= 0.6 is 11.3 Å². The predicted molar refractivity (Wildman–Crippen MR) is 137 cm³/mol. The molecule has 2 N–H and O–H groups in total. The van der Waals surface area contributed by atoms with E-state index in [1.807, 2.05) is 0 Å². The van der Waals surface area contributed by atoms with Crippen LogP contribution in [0, 0.1) is 6.92 Å². The molecule has 0 aliphatic heterocycles. The number of carboxylic acids is 1. The Morgan fingerprint density at radius 2 is 1.92 bits per heavy atom. The van der Waals surface area contributed by atoms with Crippen LogP contribution in [0.4, 0.5) is 5.69 Å². The van der Waals surface area contributed by atoms with Crippen LogP contribution in [0.5, 0.6) is 5.75 Å². The van der Waals surface area contributed by atoms with Crippen LogP contribution in [-0.2, 0) is 16.4 Å². The van der Waals surface area contributed by atoms with Gasteiger partial charge in [-0.05, 0) is 72.0 Å². The van der Waals surface area contributed by atoms with Gasteiger partial charge in [-0.1, -0.05) is 6.07 Å². The second kappa shape index (κ2) is 10.3. The van der Waals surface area contributed by atoms with Crippen molar-refractivity contribution in [1.29, 1.82) is 0 Å². The molecule has 10 heteroatoms. The molecular weight excluding hydrogens is 500 g/mol. The number of hydrogen-bond acceptors (Lipinski definition) is 8. The van der Waals surface area contributed by atoms with Gasteiger partial charge in [-0.3, -0.25) is 4.79 Å². The highest BCUT2D eigenvalue weighted by Gasteiger charge is 2.24. The SMILES string of the molecule is COc1ccc(S(=O)(=O)c2ncccc2CNc2c(C)cc(-c3sccc3C=O)cc2C(=O)O)cc1. The lowest BCUT2D eigenvalue weighted by Crippen LogP contribution is -2.13. The van der Waals surface area contributed by atoms with Gasteiger partial charge in [-0.15, -0.1) is 11.3 Å². The molecule has 0 aliphatic rings. The first-order chi connectivity index (χ1) is 17.3. The van der Waals surface area contributed by atoms with Crippen LogP contribution in [0.15, 0.2) is 76.1 Å². The first-order valence-corrected chi connectivity index (χ1v) is 13.1. The molecule has 0 saturated carbocycles. The van der Waals surface area contributed by atoms with Gasteiger partial charge < -0.3 is 15.2 Å². The Balaban J connectivity index is 1.69. The van der Waals surface area contributed by atoms with Crippen LogP contribution in [0.1, 0.15) is 31.8 Å². The van der Waals surface area contributed by atoms with E-state index >= 15 is 0 Å². The maximum Gasteiger partial charge on any atom is 0.337 e. The van der Waals surface area contributed by atoms with E-state index < -0.39 is 15.8 Å². The number of nitrogens with one attached hydrogen (secondary N) is 1. The largest absolute Gasteiger partial charge is 0.497 e. The number of carbonyl (C=O) groups is 2.